The van der Waals surface area contributed by atoms with Gasteiger partial charge in [0.25, 0.3) is 0 Å². The van der Waals surface area contributed by atoms with Crippen LogP contribution in [0.25, 0.3) is 0 Å². The molecular weight excluding hydrogens is 458 g/mol. The summed E-state index contributed by atoms with van der Waals surface area (Å²) in [5.41, 5.74) is -1.08. The van der Waals surface area contributed by atoms with E-state index in [0.29, 0.717) is 31.7 Å². The summed E-state index contributed by atoms with van der Waals surface area (Å²) >= 11 is 0. The van der Waals surface area contributed by atoms with Gasteiger partial charge in [0, 0.05) is 25.6 Å². The molecule has 7 heteroatoms. The van der Waals surface area contributed by atoms with Crippen molar-refractivity contribution in [2.45, 2.75) is 107 Å². The van der Waals surface area contributed by atoms with E-state index in [9.17, 15) is 23.1 Å². The quantitative estimate of drug-likeness (QED) is 0.376. The van der Waals surface area contributed by atoms with Gasteiger partial charge in [-0.1, -0.05) is 44.2 Å². The molecule has 3 saturated carbocycles. The Balaban J connectivity index is 1.61. The Morgan fingerprint density at radius 2 is 1.60 bits per heavy atom. The summed E-state index contributed by atoms with van der Waals surface area (Å²) < 4.78 is 55.5. The van der Waals surface area contributed by atoms with Gasteiger partial charge in [-0.15, -0.1) is 0 Å². The molecular formula is C28H39F4NO2. The van der Waals surface area contributed by atoms with Crippen molar-refractivity contribution in [1.29, 1.82) is 0 Å². The SMILES string of the molecule is O=C(O)CC1CC[C@@H](N(CC2CCCC2)CC2(F)CCCCC2)[C@H](c2ccc(C(F)(F)F)cc2)C1. The third kappa shape index (κ3) is 6.99. The van der Waals surface area contributed by atoms with Gasteiger partial charge in [-0.25, -0.2) is 4.39 Å². The number of benzene rings is 1. The van der Waals surface area contributed by atoms with E-state index in [4.69, 9.17) is 0 Å². The first-order valence-corrected chi connectivity index (χ1v) is 13.4. The molecule has 0 aromatic heterocycles. The highest BCUT2D eigenvalue weighted by Gasteiger charge is 2.42. The van der Waals surface area contributed by atoms with Crippen molar-refractivity contribution < 1.29 is 27.5 Å². The van der Waals surface area contributed by atoms with Crippen molar-refractivity contribution in [2.24, 2.45) is 11.8 Å². The number of carbonyl (C=O) groups is 1. The van der Waals surface area contributed by atoms with E-state index in [0.717, 1.165) is 69.2 Å². The molecule has 0 aliphatic heterocycles. The van der Waals surface area contributed by atoms with Crippen LogP contribution in [0.4, 0.5) is 17.6 Å². The Morgan fingerprint density at radius 1 is 0.943 bits per heavy atom. The fourth-order valence-electron chi connectivity index (χ4n) is 6.94. The first kappa shape index (κ1) is 26.4. The van der Waals surface area contributed by atoms with Crippen molar-refractivity contribution in [3.8, 4) is 0 Å². The van der Waals surface area contributed by atoms with Crippen LogP contribution in [0.15, 0.2) is 24.3 Å². The van der Waals surface area contributed by atoms with E-state index in [1.54, 1.807) is 12.1 Å². The number of carboxylic acid groups (broad SMARTS) is 1. The van der Waals surface area contributed by atoms with E-state index >= 15 is 4.39 Å². The first-order chi connectivity index (χ1) is 16.6. The highest BCUT2D eigenvalue weighted by atomic mass is 19.4. The number of carboxylic acids is 1. The fraction of sp³-hybridized carbons (Fsp3) is 0.750. The largest absolute Gasteiger partial charge is 0.481 e. The standard InChI is InChI=1S/C28H39F4NO2/c29-27(14-4-1-5-15-27)19-33(18-20-6-2-3-7-20)25-13-8-21(17-26(34)35)16-24(25)22-9-11-23(12-10-22)28(30,31)32/h9-12,20-21,24-25H,1-8,13-19H2,(H,34,35)/t21?,24-,25+/m0/s1. The molecule has 196 valence electrons. The van der Waals surface area contributed by atoms with Gasteiger partial charge in [0.2, 0.25) is 0 Å². The van der Waals surface area contributed by atoms with Crippen LogP contribution >= 0.6 is 0 Å². The highest BCUT2D eigenvalue weighted by molar-refractivity contribution is 5.67. The normalized spacial score (nSPS) is 27.9. The maximum Gasteiger partial charge on any atom is 0.416 e. The van der Waals surface area contributed by atoms with Crippen LogP contribution in [0, 0.1) is 11.8 Å². The van der Waals surface area contributed by atoms with Gasteiger partial charge in [0.1, 0.15) is 5.67 Å². The highest BCUT2D eigenvalue weighted by Crippen LogP contribution is 2.44. The fourth-order valence-corrected chi connectivity index (χ4v) is 6.94. The van der Waals surface area contributed by atoms with Crippen LogP contribution in [0.3, 0.4) is 0 Å². The average molecular weight is 498 g/mol. The van der Waals surface area contributed by atoms with Crippen molar-refractivity contribution in [1.82, 2.24) is 4.90 Å². The minimum Gasteiger partial charge on any atom is -0.481 e. The second kappa shape index (κ2) is 11.2. The smallest absolute Gasteiger partial charge is 0.416 e. The van der Waals surface area contributed by atoms with E-state index in [-0.39, 0.29) is 24.3 Å². The van der Waals surface area contributed by atoms with Gasteiger partial charge in [-0.2, -0.15) is 13.2 Å². The summed E-state index contributed by atoms with van der Waals surface area (Å²) in [5, 5.41) is 9.38. The lowest BCUT2D eigenvalue weighted by Gasteiger charge is -2.46. The molecule has 1 N–H and O–H groups in total. The van der Waals surface area contributed by atoms with Gasteiger partial charge in [0.15, 0.2) is 0 Å². The van der Waals surface area contributed by atoms with Crippen LogP contribution in [0.1, 0.15) is 101 Å². The molecule has 3 atom stereocenters. The second-order valence-electron chi connectivity index (χ2n) is 11.4. The van der Waals surface area contributed by atoms with Crippen molar-refractivity contribution in [2.75, 3.05) is 13.1 Å². The molecule has 3 aliphatic rings. The molecule has 0 spiro atoms. The monoisotopic (exact) mass is 497 g/mol. The summed E-state index contributed by atoms with van der Waals surface area (Å²) in [7, 11) is 0. The Morgan fingerprint density at radius 3 is 2.20 bits per heavy atom. The van der Waals surface area contributed by atoms with Crippen molar-refractivity contribution >= 4 is 5.97 Å². The summed E-state index contributed by atoms with van der Waals surface area (Å²) in [5.74, 6) is -0.415. The molecule has 4 rings (SSSR count). The lowest BCUT2D eigenvalue weighted by molar-refractivity contribution is -0.139. The third-order valence-corrected chi connectivity index (χ3v) is 8.72. The molecule has 0 saturated heterocycles. The molecule has 0 bridgehead atoms. The van der Waals surface area contributed by atoms with E-state index in [1.165, 1.54) is 12.8 Å². The summed E-state index contributed by atoms with van der Waals surface area (Å²) in [4.78, 5) is 13.8. The molecule has 1 aromatic carbocycles. The van der Waals surface area contributed by atoms with Crippen molar-refractivity contribution in [3.63, 3.8) is 0 Å². The number of nitrogens with zero attached hydrogens (tertiary/aromatic N) is 1. The van der Waals surface area contributed by atoms with Gasteiger partial charge < -0.3 is 5.11 Å². The molecule has 1 aromatic rings. The zero-order chi connectivity index (χ0) is 25.1. The Hall–Kier alpha value is -1.63. The average Bonchev–Trinajstić information content (AvgIpc) is 3.31. The molecule has 3 fully saturated rings. The molecule has 0 amide bonds. The number of aliphatic carboxylic acids is 1. The Bertz CT molecular complexity index is 828. The van der Waals surface area contributed by atoms with Gasteiger partial charge in [-0.3, -0.25) is 9.69 Å². The molecule has 3 aliphatic carbocycles. The topological polar surface area (TPSA) is 40.5 Å². The molecule has 35 heavy (non-hydrogen) atoms. The first-order valence-electron chi connectivity index (χ1n) is 13.4. The van der Waals surface area contributed by atoms with Crippen LogP contribution in [0.2, 0.25) is 0 Å². The summed E-state index contributed by atoms with van der Waals surface area (Å²) in [6.45, 7) is 1.21. The minimum absolute atomic E-state index is 0.0154. The number of halogens is 4. The molecule has 0 heterocycles. The van der Waals surface area contributed by atoms with E-state index in [2.05, 4.69) is 4.90 Å². The molecule has 1 unspecified atom stereocenters. The van der Waals surface area contributed by atoms with Crippen molar-refractivity contribution in [3.05, 3.63) is 35.4 Å². The Labute approximate surface area is 206 Å². The zero-order valence-corrected chi connectivity index (χ0v) is 20.5. The zero-order valence-electron chi connectivity index (χ0n) is 20.5. The van der Waals surface area contributed by atoms with Gasteiger partial charge in [-0.05, 0) is 80.4 Å². The Kier molecular flexibility index (Phi) is 8.45. The van der Waals surface area contributed by atoms with Crippen LogP contribution in [0.5, 0.6) is 0 Å². The lowest BCUT2D eigenvalue weighted by atomic mass is 9.72. The predicted octanol–water partition coefficient (Wildman–Crippen LogP) is 7.60. The van der Waals surface area contributed by atoms with Crippen LogP contribution in [-0.2, 0) is 11.0 Å². The van der Waals surface area contributed by atoms with E-state index in [1.807, 2.05) is 0 Å². The molecule has 0 radical (unpaired) electrons. The maximum absolute atomic E-state index is 16.0. The third-order valence-electron chi connectivity index (χ3n) is 8.72. The number of hydrogen-bond acceptors (Lipinski definition) is 2. The number of alkyl halides is 4. The van der Waals surface area contributed by atoms with Crippen LogP contribution in [-0.4, -0.2) is 40.8 Å². The van der Waals surface area contributed by atoms with Gasteiger partial charge in [0.05, 0.1) is 5.56 Å². The van der Waals surface area contributed by atoms with Gasteiger partial charge >= 0.3 is 12.1 Å². The maximum atomic E-state index is 16.0. The van der Waals surface area contributed by atoms with Crippen LogP contribution < -0.4 is 0 Å². The van der Waals surface area contributed by atoms with E-state index < -0.39 is 23.4 Å². The number of rotatable bonds is 8. The lowest BCUT2D eigenvalue weighted by Crippen LogP contribution is -2.51. The second-order valence-corrected chi connectivity index (χ2v) is 11.4. The summed E-state index contributed by atoms with van der Waals surface area (Å²) in [6, 6.07) is 5.40. The number of hydrogen-bond donors (Lipinski definition) is 1. The minimum atomic E-state index is -4.40. The summed E-state index contributed by atoms with van der Waals surface area (Å²) in [6.07, 6.45) is 6.53. The molecule has 3 nitrogen and oxygen atoms in total. The predicted molar refractivity (Wildman–Crippen MR) is 128 cm³/mol.